The summed E-state index contributed by atoms with van der Waals surface area (Å²) in [6, 6.07) is 0. The summed E-state index contributed by atoms with van der Waals surface area (Å²) >= 11 is 0. The Kier molecular flexibility index (Phi) is 9.55. The molecule has 0 atom stereocenters. The maximum atomic E-state index is 4.67. The fourth-order valence-corrected chi connectivity index (χ4v) is 4.66. The third-order valence-corrected chi connectivity index (χ3v) is 6.88. The van der Waals surface area contributed by atoms with Gasteiger partial charge in [0.2, 0.25) is 0 Å². The van der Waals surface area contributed by atoms with Crippen LogP contribution in [0.25, 0.3) is 0 Å². The number of aryl methyl sites for hydroxylation is 2. The zero-order valence-electron chi connectivity index (χ0n) is 20.1. The van der Waals surface area contributed by atoms with E-state index in [2.05, 4.69) is 62.7 Å². The standard InChI is InChI=1S/C24H44N7/c1-4-5-6-7-8-9-14-30-17-10-25-13-19-31(20-18-30,21-23-26-11-15-28(23)2)22-24-27-12-16-29(24)3/h11-12,15-16,25H,4-10,13-14,17-22H2,1-3H3/q+1. The molecule has 3 heterocycles. The number of unbranched alkanes of at least 4 members (excludes halogenated alkanes) is 5. The van der Waals surface area contributed by atoms with Gasteiger partial charge >= 0.3 is 0 Å². The van der Waals surface area contributed by atoms with Gasteiger partial charge in [-0.2, -0.15) is 0 Å². The summed E-state index contributed by atoms with van der Waals surface area (Å²) in [6.45, 7) is 12.1. The average molecular weight is 431 g/mol. The van der Waals surface area contributed by atoms with E-state index in [0.29, 0.717) is 0 Å². The number of aromatic nitrogens is 4. The number of hydrogen-bond acceptors (Lipinski definition) is 4. The molecule has 0 unspecified atom stereocenters. The maximum Gasteiger partial charge on any atom is 0.164 e. The maximum absolute atomic E-state index is 4.67. The molecule has 3 rings (SSSR count). The molecule has 0 radical (unpaired) electrons. The van der Waals surface area contributed by atoms with Crippen molar-refractivity contribution in [3.05, 3.63) is 36.4 Å². The predicted octanol–water partition coefficient (Wildman–Crippen LogP) is 2.94. The van der Waals surface area contributed by atoms with E-state index < -0.39 is 0 Å². The fraction of sp³-hybridized carbons (Fsp3) is 0.750. The molecule has 7 nitrogen and oxygen atoms in total. The van der Waals surface area contributed by atoms with Crippen molar-refractivity contribution in [2.24, 2.45) is 14.1 Å². The summed E-state index contributed by atoms with van der Waals surface area (Å²) in [7, 11) is 4.22. The zero-order valence-corrected chi connectivity index (χ0v) is 20.1. The average Bonchev–Trinajstić information content (AvgIpc) is 3.37. The van der Waals surface area contributed by atoms with Gasteiger partial charge in [-0.15, -0.1) is 0 Å². The summed E-state index contributed by atoms with van der Waals surface area (Å²) in [5, 5.41) is 3.71. The smallest absolute Gasteiger partial charge is 0.164 e. The Balaban J connectivity index is 1.67. The van der Waals surface area contributed by atoms with E-state index in [1.807, 2.05) is 12.4 Å². The third-order valence-electron chi connectivity index (χ3n) is 6.88. The molecule has 0 aliphatic carbocycles. The van der Waals surface area contributed by atoms with Crippen LogP contribution in [0, 0.1) is 0 Å². The molecule has 0 bridgehead atoms. The summed E-state index contributed by atoms with van der Waals surface area (Å²) in [5.74, 6) is 2.33. The van der Waals surface area contributed by atoms with Gasteiger partial charge in [-0.05, 0) is 13.0 Å². The predicted molar refractivity (Wildman–Crippen MR) is 127 cm³/mol. The lowest BCUT2D eigenvalue weighted by Crippen LogP contribution is -2.53. The van der Waals surface area contributed by atoms with Gasteiger partial charge in [-0.1, -0.05) is 39.0 Å². The van der Waals surface area contributed by atoms with Crippen LogP contribution in [0.1, 0.15) is 57.1 Å². The number of hydrogen-bond donors (Lipinski definition) is 1. The molecule has 1 aliphatic heterocycles. The molecular formula is C24H44N7+. The van der Waals surface area contributed by atoms with E-state index >= 15 is 0 Å². The molecule has 1 N–H and O–H groups in total. The highest BCUT2D eigenvalue weighted by atomic mass is 15.4. The summed E-state index contributed by atoms with van der Waals surface area (Å²) in [6.07, 6.45) is 16.1. The molecule has 174 valence electrons. The highest BCUT2D eigenvalue weighted by molar-refractivity contribution is 4.92. The Bertz CT molecular complexity index is 708. The summed E-state index contributed by atoms with van der Waals surface area (Å²) in [4.78, 5) is 12.0. The number of nitrogens with zero attached hydrogens (tertiary/aromatic N) is 6. The minimum atomic E-state index is 0.947. The van der Waals surface area contributed by atoms with Crippen molar-refractivity contribution < 1.29 is 4.48 Å². The zero-order chi connectivity index (χ0) is 21.9. The Morgan fingerprint density at radius 2 is 1.48 bits per heavy atom. The van der Waals surface area contributed by atoms with E-state index in [1.165, 1.54) is 45.1 Å². The Morgan fingerprint density at radius 1 is 0.839 bits per heavy atom. The van der Waals surface area contributed by atoms with E-state index in [0.717, 1.165) is 68.5 Å². The van der Waals surface area contributed by atoms with Crippen LogP contribution in [0.15, 0.2) is 24.8 Å². The number of nitrogens with one attached hydrogen (secondary N) is 1. The first-order valence-corrected chi connectivity index (χ1v) is 12.3. The van der Waals surface area contributed by atoms with Gasteiger partial charge in [0, 0.05) is 65.1 Å². The SMILES string of the molecule is CCCCCCCCN1CCNCC[N+](Cc2nccn2C)(Cc2nccn2C)CC1. The van der Waals surface area contributed by atoms with E-state index in [-0.39, 0.29) is 0 Å². The minimum Gasteiger partial charge on any atom is -0.333 e. The Hall–Kier alpha value is -1.70. The third kappa shape index (κ3) is 7.44. The van der Waals surface area contributed by atoms with Crippen molar-refractivity contribution in [3.63, 3.8) is 0 Å². The van der Waals surface area contributed by atoms with Gasteiger partial charge in [-0.25, -0.2) is 9.97 Å². The van der Waals surface area contributed by atoms with Gasteiger partial charge in [-0.3, -0.25) is 4.90 Å². The van der Waals surface area contributed by atoms with Crippen molar-refractivity contribution in [1.29, 1.82) is 0 Å². The molecule has 0 aromatic carbocycles. The second-order valence-electron chi connectivity index (χ2n) is 9.37. The molecule has 1 saturated heterocycles. The highest BCUT2D eigenvalue weighted by Crippen LogP contribution is 2.19. The highest BCUT2D eigenvalue weighted by Gasteiger charge is 2.32. The monoisotopic (exact) mass is 430 g/mol. The lowest BCUT2D eigenvalue weighted by molar-refractivity contribution is -0.953. The van der Waals surface area contributed by atoms with Crippen molar-refractivity contribution in [2.75, 3.05) is 45.8 Å². The molecule has 0 amide bonds. The van der Waals surface area contributed by atoms with Gasteiger partial charge in [0.15, 0.2) is 11.6 Å². The van der Waals surface area contributed by atoms with Crippen molar-refractivity contribution in [2.45, 2.75) is 58.5 Å². The van der Waals surface area contributed by atoms with Crippen LogP contribution in [0.3, 0.4) is 0 Å². The topological polar surface area (TPSA) is 50.9 Å². The molecule has 7 heteroatoms. The van der Waals surface area contributed by atoms with Crippen molar-refractivity contribution in [3.8, 4) is 0 Å². The molecular weight excluding hydrogens is 386 g/mol. The summed E-state index contributed by atoms with van der Waals surface area (Å²) < 4.78 is 5.34. The van der Waals surface area contributed by atoms with Crippen LogP contribution >= 0.6 is 0 Å². The van der Waals surface area contributed by atoms with Crippen LogP contribution in [-0.2, 0) is 27.2 Å². The Labute approximate surface area is 189 Å². The second kappa shape index (κ2) is 12.4. The number of imidazole rings is 2. The van der Waals surface area contributed by atoms with Gasteiger partial charge in [0.05, 0.1) is 13.1 Å². The quantitative estimate of drug-likeness (QED) is 0.440. The molecule has 1 aliphatic rings. The Morgan fingerprint density at radius 3 is 2.10 bits per heavy atom. The minimum absolute atomic E-state index is 0.947. The lowest BCUT2D eigenvalue weighted by Gasteiger charge is -2.39. The van der Waals surface area contributed by atoms with Crippen LogP contribution < -0.4 is 5.32 Å². The lowest BCUT2D eigenvalue weighted by atomic mass is 10.1. The van der Waals surface area contributed by atoms with Crippen molar-refractivity contribution in [1.82, 2.24) is 29.3 Å². The molecule has 2 aromatic rings. The van der Waals surface area contributed by atoms with Crippen LogP contribution in [0.2, 0.25) is 0 Å². The summed E-state index contributed by atoms with van der Waals surface area (Å²) in [5.41, 5.74) is 0. The first-order chi connectivity index (χ1) is 15.1. The van der Waals surface area contributed by atoms with Crippen LogP contribution in [0.5, 0.6) is 0 Å². The van der Waals surface area contributed by atoms with Crippen LogP contribution in [0.4, 0.5) is 0 Å². The molecule has 31 heavy (non-hydrogen) atoms. The second-order valence-corrected chi connectivity index (χ2v) is 9.37. The van der Waals surface area contributed by atoms with Gasteiger partial charge < -0.3 is 18.9 Å². The molecule has 0 saturated carbocycles. The first-order valence-electron chi connectivity index (χ1n) is 12.3. The number of quaternary nitrogens is 1. The number of rotatable bonds is 11. The van der Waals surface area contributed by atoms with E-state index in [9.17, 15) is 0 Å². The van der Waals surface area contributed by atoms with Crippen molar-refractivity contribution >= 4 is 0 Å². The van der Waals surface area contributed by atoms with Gasteiger partial charge in [0.1, 0.15) is 13.1 Å². The molecule has 2 aromatic heterocycles. The fourth-order valence-electron chi connectivity index (χ4n) is 4.66. The normalized spacial score (nSPS) is 17.9. The molecule has 0 spiro atoms. The largest absolute Gasteiger partial charge is 0.333 e. The molecule has 1 fully saturated rings. The van der Waals surface area contributed by atoms with E-state index in [4.69, 9.17) is 0 Å². The van der Waals surface area contributed by atoms with Crippen LogP contribution in [-0.4, -0.2) is 74.3 Å². The van der Waals surface area contributed by atoms with Gasteiger partial charge in [0.25, 0.3) is 0 Å². The van der Waals surface area contributed by atoms with E-state index in [1.54, 1.807) is 0 Å². The first kappa shape index (κ1) is 24.0.